The second-order valence-electron chi connectivity index (χ2n) is 6.00. The molecule has 3 aromatic rings. The Labute approximate surface area is 149 Å². The average molecular weight is 355 g/mol. The maximum absolute atomic E-state index is 12.9. The summed E-state index contributed by atoms with van der Waals surface area (Å²) in [6, 6.07) is 12.1. The van der Waals surface area contributed by atoms with Crippen LogP contribution in [-0.2, 0) is 0 Å². The predicted molar refractivity (Wildman–Crippen MR) is 96.1 cm³/mol. The van der Waals surface area contributed by atoms with E-state index in [-0.39, 0.29) is 30.2 Å². The molecule has 0 aliphatic heterocycles. The van der Waals surface area contributed by atoms with Crippen LogP contribution >= 0.6 is 0 Å². The summed E-state index contributed by atoms with van der Waals surface area (Å²) in [4.78, 5) is 26.1. The highest BCUT2D eigenvalue weighted by Gasteiger charge is 2.16. The molecule has 0 spiro atoms. The molecule has 1 aromatic heterocycles. The van der Waals surface area contributed by atoms with Gasteiger partial charge in [-0.05, 0) is 43.3 Å². The highest BCUT2D eigenvalue weighted by Crippen LogP contribution is 2.15. The molecule has 2 aromatic carbocycles. The lowest BCUT2D eigenvalue weighted by Gasteiger charge is -2.17. The van der Waals surface area contributed by atoms with E-state index in [9.17, 15) is 14.0 Å². The highest BCUT2D eigenvalue weighted by atomic mass is 19.1. The molecule has 134 valence electrons. The molecule has 0 atom stereocenters. The molecular formula is C20H18FNO4. The standard InChI is InChI=1S/C20H18FNO4/c1-13-3-8-18-16(11-13)17(23)12-19(26-18)20(24)22(2)9-10-25-15-6-4-14(21)5-7-15/h3-8,11-12H,9-10H2,1-2H3. The summed E-state index contributed by atoms with van der Waals surface area (Å²) in [5, 5.41) is 0.448. The fourth-order valence-electron chi connectivity index (χ4n) is 2.50. The molecule has 26 heavy (non-hydrogen) atoms. The van der Waals surface area contributed by atoms with Crippen LogP contribution in [0.15, 0.2) is 57.7 Å². The number of hydrogen-bond donors (Lipinski definition) is 0. The maximum Gasteiger partial charge on any atom is 0.289 e. The third kappa shape index (κ3) is 3.91. The Morgan fingerprint density at radius 2 is 1.88 bits per heavy atom. The molecule has 0 saturated heterocycles. The van der Waals surface area contributed by atoms with Crippen LogP contribution in [0, 0.1) is 12.7 Å². The Morgan fingerprint density at radius 3 is 2.62 bits per heavy atom. The van der Waals surface area contributed by atoms with Crippen LogP contribution in [0.4, 0.5) is 4.39 Å². The maximum atomic E-state index is 12.9. The van der Waals surface area contributed by atoms with E-state index in [1.54, 1.807) is 19.2 Å². The van der Waals surface area contributed by atoms with Gasteiger partial charge in [-0.3, -0.25) is 9.59 Å². The Bertz CT molecular complexity index is 995. The van der Waals surface area contributed by atoms with Crippen molar-refractivity contribution in [2.75, 3.05) is 20.2 Å². The van der Waals surface area contributed by atoms with Gasteiger partial charge in [0.05, 0.1) is 11.9 Å². The van der Waals surface area contributed by atoms with Crippen molar-refractivity contribution in [2.45, 2.75) is 6.92 Å². The first-order valence-electron chi connectivity index (χ1n) is 8.12. The number of carbonyl (C=O) groups excluding carboxylic acids is 1. The van der Waals surface area contributed by atoms with E-state index in [1.165, 1.54) is 35.2 Å². The third-order valence-corrected chi connectivity index (χ3v) is 3.95. The Morgan fingerprint density at radius 1 is 1.15 bits per heavy atom. The van der Waals surface area contributed by atoms with Gasteiger partial charge in [0.1, 0.15) is 23.8 Å². The summed E-state index contributed by atoms with van der Waals surface area (Å²) >= 11 is 0. The van der Waals surface area contributed by atoms with Crippen LogP contribution < -0.4 is 10.2 Å². The second kappa shape index (κ2) is 7.39. The van der Waals surface area contributed by atoms with Gasteiger partial charge in [0.2, 0.25) is 0 Å². The molecule has 0 N–H and O–H groups in total. The number of fused-ring (bicyclic) bond motifs is 1. The van der Waals surface area contributed by atoms with Crippen LogP contribution in [-0.4, -0.2) is 31.0 Å². The van der Waals surface area contributed by atoms with E-state index in [0.29, 0.717) is 16.7 Å². The molecule has 6 heteroatoms. The first-order valence-corrected chi connectivity index (χ1v) is 8.12. The van der Waals surface area contributed by atoms with Crippen molar-refractivity contribution >= 4 is 16.9 Å². The van der Waals surface area contributed by atoms with Gasteiger partial charge in [-0.1, -0.05) is 11.6 Å². The summed E-state index contributed by atoms with van der Waals surface area (Å²) in [5.41, 5.74) is 1.07. The number of hydrogen-bond acceptors (Lipinski definition) is 4. The van der Waals surface area contributed by atoms with Gasteiger partial charge in [-0.25, -0.2) is 4.39 Å². The van der Waals surface area contributed by atoms with Gasteiger partial charge in [0.25, 0.3) is 5.91 Å². The number of ether oxygens (including phenoxy) is 1. The quantitative estimate of drug-likeness (QED) is 0.704. The molecule has 5 nitrogen and oxygen atoms in total. The van der Waals surface area contributed by atoms with Crippen molar-refractivity contribution in [3.8, 4) is 5.75 Å². The zero-order chi connectivity index (χ0) is 18.7. The zero-order valence-electron chi connectivity index (χ0n) is 14.5. The molecule has 0 unspecified atom stereocenters. The number of amides is 1. The number of rotatable bonds is 5. The number of benzene rings is 2. The molecule has 0 fully saturated rings. The predicted octanol–water partition coefficient (Wildman–Crippen LogP) is 3.39. The lowest BCUT2D eigenvalue weighted by molar-refractivity contribution is 0.0743. The van der Waals surface area contributed by atoms with Crippen molar-refractivity contribution in [3.05, 3.63) is 75.9 Å². The van der Waals surface area contributed by atoms with Gasteiger partial charge in [0, 0.05) is 13.1 Å². The highest BCUT2D eigenvalue weighted by molar-refractivity contribution is 5.93. The molecule has 3 rings (SSSR count). The van der Waals surface area contributed by atoms with Gasteiger partial charge >= 0.3 is 0 Å². The fraction of sp³-hybridized carbons (Fsp3) is 0.200. The van der Waals surface area contributed by atoms with Crippen LogP contribution in [0.3, 0.4) is 0 Å². The lowest BCUT2D eigenvalue weighted by atomic mass is 10.1. The first kappa shape index (κ1) is 17.7. The van der Waals surface area contributed by atoms with Crippen molar-refractivity contribution in [3.63, 3.8) is 0 Å². The number of carbonyl (C=O) groups is 1. The number of halogens is 1. The smallest absolute Gasteiger partial charge is 0.289 e. The molecule has 0 aliphatic carbocycles. The fourth-order valence-corrected chi connectivity index (χ4v) is 2.50. The van der Waals surface area contributed by atoms with Crippen molar-refractivity contribution in [1.82, 2.24) is 4.90 Å². The lowest BCUT2D eigenvalue weighted by Crippen LogP contribution is -2.31. The van der Waals surface area contributed by atoms with Gasteiger partial charge in [-0.15, -0.1) is 0 Å². The van der Waals surface area contributed by atoms with E-state index in [4.69, 9.17) is 9.15 Å². The van der Waals surface area contributed by atoms with Gasteiger partial charge in [-0.2, -0.15) is 0 Å². The zero-order valence-corrected chi connectivity index (χ0v) is 14.5. The monoisotopic (exact) mass is 355 g/mol. The minimum Gasteiger partial charge on any atom is -0.492 e. The van der Waals surface area contributed by atoms with Crippen LogP contribution in [0.5, 0.6) is 5.75 Å². The minimum atomic E-state index is -0.410. The molecule has 0 bridgehead atoms. The summed E-state index contributed by atoms with van der Waals surface area (Å²) in [5.74, 6) is -0.256. The van der Waals surface area contributed by atoms with E-state index in [1.807, 2.05) is 13.0 Å². The van der Waals surface area contributed by atoms with Gasteiger partial charge in [0.15, 0.2) is 11.2 Å². The second-order valence-corrected chi connectivity index (χ2v) is 6.00. The molecular weight excluding hydrogens is 337 g/mol. The van der Waals surface area contributed by atoms with Crippen molar-refractivity contribution < 1.29 is 18.3 Å². The molecule has 0 saturated carbocycles. The van der Waals surface area contributed by atoms with E-state index in [2.05, 4.69) is 0 Å². The first-order chi connectivity index (χ1) is 12.4. The van der Waals surface area contributed by atoms with E-state index >= 15 is 0 Å². The SMILES string of the molecule is Cc1ccc2oc(C(=O)N(C)CCOc3ccc(F)cc3)cc(=O)c2c1. The Hall–Kier alpha value is -3.15. The largest absolute Gasteiger partial charge is 0.492 e. The van der Waals surface area contributed by atoms with Crippen molar-refractivity contribution in [1.29, 1.82) is 0 Å². The number of likely N-dealkylation sites (N-methyl/N-ethyl adjacent to an activating group) is 1. The normalized spacial score (nSPS) is 10.7. The van der Waals surface area contributed by atoms with E-state index in [0.717, 1.165) is 5.56 Å². The van der Waals surface area contributed by atoms with Crippen LogP contribution in [0.25, 0.3) is 11.0 Å². The van der Waals surface area contributed by atoms with Crippen molar-refractivity contribution in [2.24, 2.45) is 0 Å². The average Bonchev–Trinajstić information content (AvgIpc) is 2.63. The minimum absolute atomic E-state index is 0.0179. The molecule has 1 heterocycles. The van der Waals surface area contributed by atoms with E-state index < -0.39 is 5.91 Å². The molecule has 0 radical (unpaired) electrons. The van der Waals surface area contributed by atoms with Crippen LogP contribution in [0.2, 0.25) is 0 Å². The molecule has 1 amide bonds. The topological polar surface area (TPSA) is 59.8 Å². The van der Waals surface area contributed by atoms with Gasteiger partial charge < -0.3 is 14.1 Å². The van der Waals surface area contributed by atoms with Crippen LogP contribution in [0.1, 0.15) is 16.1 Å². The Balaban J connectivity index is 1.68. The summed E-state index contributed by atoms with van der Waals surface area (Å²) in [6.45, 7) is 2.39. The number of aryl methyl sites for hydroxylation is 1. The molecule has 0 aliphatic rings. The number of nitrogens with zero attached hydrogens (tertiary/aromatic N) is 1. The Kier molecular flexibility index (Phi) is 5.02. The summed E-state index contributed by atoms with van der Waals surface area (Å²) in [7, 11) is 1.59. The third-order valence-electron chi connectivity index (χ3n) is 3.95. The summed E-state index contributed by atoms with van der Waals surface area (Å²) in [6.07, 6.45) is 0. The summed E-state index contributed by atoms with van der Waals surface area (Å²) < 4.78 is 23.9.